The highest BCUT2D eigenvalue weighted by Crippen LogP contribution is 2.38. The SMILES string of the molecule is FC1(F)CCC(N2CCC(c3ccccc3)C2)CC1. The smallest absolute Gasteiger partial charge is 0.248 e. The second-order valence-electron chi connectivity index (χ2n) is 5.98. The van der Waals surface area contributed by atoms with Gasteiger partial charge < -0.3 is 0 Å². The molecule has 2 fully saturated rings. The molecule has 1 aromatic rings. The molecule has 1 unspecified atom stereocenters. The monoisotopic (exact) mass is 265 g/mol. The molecule has 104 valence electrons. The molecule has 1 aromatic carbocycles. The second-order valence-corrected chi connectivity index (χ2v) is 5.98. The summed E-state index contributed by atoms with van der Waals surface area (Å²) in [6, 6.07) is 11.0. The van der Waals surface area contributed by atoms with Gasteiger partial charge in [-0.25, -0.2) is 8.78 Å². The number of benzene rings is 1. The number of alkyl halides is 2. The van der Waals surface area contributed by atoms with Crippen molar-refractivity contribution in [2.45, 2.75) is 50.0 Å². The highest BCUT2D eigenvalue weighted by molar-refractivity contribution is 5.21. The minimum atomic E-state index is -2.41. The molecule has 3 rings (SSSR count). The van der Waals surface area contributed by atoms with Crippen molar-refractivity contribution < 1.29 is 8.78 Å². The standard InChI is InChI=1S/C16H21F2N/c17-16(18)9-6-15(7-10-16)19-11-8-14(12-19)13-4-2-1-3-5-13/h1-5,14-15H,6-12H2. The average molecular weight is 265 g/mol. The van der Waals surface area contributed by atoms with Crippen LogP contribution in [0.25, 0.3) is 0 Å². The summed E-state index contributed by atoms with van der Waals surface area (Å²) in [7, 11) is 0. The lowest BCUT2D eigenvalue weighted by molar-refractivity contribution is -0.0516. The van der Waals surface area contributed by atoms with E-state index in [-0.39, 0.29) is 12.8 Å². The van der Waals surface area contributed by atoms with E-state index >= 15 is 0 Å². The van der Waals surface area contributed by atoms with E-state index in [2.05, 4.69) is 29.2 Å². The summed E-state index contributed by atoms with van der Waals surface area (Å²) >= 11 is 0. The Morgan fingerprint density at radius 1 is 1.00 bits per heavy atom. The number of nitrogens with zero attached hydrogens (tertiary/aromatic N) is 1. The van der Waals surface area contributed by atoms with Crippen molar-refractivity contribution in [1.82, 2.24) is 4.90 Å². The van der Waals surface area contributed by atoms with Gasteiger partial charge >= 0.3 is 0 Å². The van der Waals surface area contributed by atoms with Crippen LogP contribution in [0.5, 0.6) is 0 Å². The normalized spacial score (nSPS) is 28.6. The maximum absolute atomic E-state index is 13.2. The number of likely N-dealkylation sites (tertiary alicyclic amines) is 1. The topological polar surface area (TPSA) is 3.24 Å². The molecule has 0 spiro atoms. The zero-order valence-electron chi connectivity index (χ0n) is 11.2. The Balaban J connectivity index is 1.58. The van der Waals surface area contributed by atoms with Gasteiger partial charge in [-0.3, -0.25) is 4.90 Å². The first kappa shape index (κ1) is 13.0. The van der Waals surface area contributed by atoms with Crippen molar-refractivity contribution in [2.75, 3.05) is 13.1 Å². The van der Waals surface area contributed by atoms with Crippen molar-refractivity contribution in [1.29, 1.82) is 0 Å². The van der Waals surface area contributed by atoms with Gasteiger partial charge in [0.25, 0.3) is 0 Å². The predicted octanol–water partition coefficient (Wildman–Crippen LogP) is 4.05. The van der Waals surface area contributed by atoms with Gasteiger partial charge in [-0.15, -0.1) is 0 Å². The Kier molecular flexibility index (Phi) is 3.57. The molecule has 0 radical (unpaired) electrons. The predicted molar refractivity (Wildman–Crippen MR) is 72.6 cm³/mol. The molecular formula is C16H21F2N. The third-order valence-electron chi connectivity index (χ3n) is 4.69. The lowest BCUT2D eigenvalue weighted by Gasteiger charge is -2.34. The first-order valence-corrected chi connectivity index (χ1v) is 7.31. The number of hydrogen-bond acceptors (Lipinski definition) is 1. The zero-order chi connectivity index (χ0) is 13.3. The number of halogens is 2. The third-order valence-corrected chi connectivity index (χ3v) is 4.69. The van der Waals surface area contributed by atoms with Crippen LogP contribution in [0.3, 0.4) is 0 Å². The highest BCUT2D eigenvalue weighted by Gasteiger charge is 2.38. The Hall–Kier alpha value is -0.960. The first-order valence-electron chi connectivity index (χ1n) is 7.31. The van der Waals surface area contributed by atoms with E-state index in [1.807, 2.05) is 6.07 Å². The first-order chi connectivity index (χ1) is 9.14. The quantitative estimate of drug-likeness (QED) is 0.779. The summed E-state index contributed by atoms with van der Waals surface area (Å²) in [6.07, 6.45) is 2.63. The Bertz CT molecular complexity index is 408. The molecule has 0 N–H and O–H groups in total. The van der Waals surface area contributed by atoms with E-state index in [0.29, 0.717) is 24.8 Å². The fraction of sp³-hybridized carbons (Fsp3) is 0.625. The van der Waals surface area contributed by atoms with Gasteiger partial charge in [0.2, 0.25) is 5.92 Å². The fourth-order valence-corrected chi connectivity index (χ4v) is 3.51. The van der Waals surface area contributed by atoms with Crippen LogP contribution >= 0.6 is 0 Å². The summed E-state index contributed by atoms with van der Waals surface area (Å²) in [6.45, 7) is 2.11. The van der Waals surface area contributed by atoms with Crippen LogP contribution in [-0.2, 0) is 0 Å². The molecule has 0 bridgehead atoms. The maximum Gasteiger partial charge on any atom is 0.248 e. The molecule has 3 heteroatoms. The van der Waals surface area contributed by atoms with Crippen LogP contribution in [0.4, 0.5) is 8.78 Å². The minimum absolute atomic E-state index is 0.0736. The zero-order valence-corrected chi connectivity index (χ0v) is 11.2. The van der Waals surface area contributed by atoms with E-state index in [1.54, 1.807) is 0 Å². The van der Waals surface area contributed by atoms with Gasteiger partial charge in [-0.2, -0.15) is 0 Å². The van der Waals surface area contributed by atoms with Gasteiger partial charge in [-0.1, -0.05) is 30.3 Å². The van der Waals surface area contributed by atoms with Crippen molar-refractivity contribution in [2.24, 2.45) is 0 Å². The lowest BCUT2D eigenvalue weighted by Crippen LogP contribution is -2.39. The molecule has 1 aliphatic carbocycles. The fourth-order valence-electron chi connectivity index (χ4n) is 3.51. The molecule has 0 aromatic heterocycles. The van der Waals surface area contributed by atoms with Gasteiger partial charge in [0, 0.05) is 25.4 Å². The maximum atomic E-state index is 13.2. The van der Waals surface area contributed by atoms with Crippen LogP contribution in [0.1, 0.15) is 43.6 Å². The van der Waals surface area contributed by atoms with E-state index in [1.165, 1.54) is 5.56 Å². The summed E-state index contributed by atoms with van der Waals surface area (Å²) in [5.41, 5.74) is 1.39. The molecule has 2 aliphatic rings. The molecule has 1 saturated heterocycles. The van der Waals surface area contributed by atoms with Crippen molar-refractivity contribution in [3.63, 3.8) is 0 Å². The van der Waals surface area contributed by atoms with Crippen LogP contribution in [-0.4, -0.2) is 30.0 Å². The van der Waals surface area contributed by atoms with E-state index in [4.69, 9.17) is 0 Å². The van der Waals surface area contributed by atoms with Crippen molar-refractivity contribution in [3.8, 4) is 0 Å². The summed E-state index contributed by atoms with van der Waals surface area (Å²) in [4.78, 5) is 2.44. The molecule has 19 heavy (non-hydrogen) atoms. The largest absolute Gasteiger partial charge is 0.300 e. The third kappa shape index (κ3) is 2.97. The molecule has 1 aliphatic heterocycles. The average Bonchev–Trinajstić information content (AvgIpc) is 2.89. The minimum Gasteiger partial charge on any atom is -0.300 e. The summed E-state index contributed by atoms with van der Waals surface area (Å²) < 4.78 is 26.4. The Morgan fingerprint density at radius 2 is 1.68 bits per heavy atom. The van der Waals surface area contributed by atoms with Crippen LogP contribution in [0.15, 0.2) is 30.3 Å². The molecule has 1 heterocycles. The van der Waals surface area contributed by atoms with Gasteiger partial charge in [0.15, 0.2) is 0 Å². The molecular weight excluding hydrogens is 244 g/mol. The lowest BCUT2D eigenvalue weighted by atomic mass is 9.91. The highest BCUT2D eigenvalue weighted by atomic mass is 19.3. The second kappa shape index (κ2) is 5.20. The van der Waals surface area contributed by atoms with Gasteiger partial charge in [0.05, 0.1) is 0 Å². The molecule has 1 nitrogen and oxygen atoms in total. The summed E-state index contributed by atoms with van der Waals surface area (Å²) in [5.74, 6) is -1.82. The van der Waals surface area contributed by atoms with E-state index in [9.17, 15) is 8.78 Å². The molecule has 1 saturated carbocycles. The van der Waals surface area contributed by atoms with E-state index < -0.39 is 5.92 Å². The number of rotatable bonds is 2. The Labute approximate surface area is 113 Å². The molecule has 1 atom stereocenters. The van der Waals surface area contributed by atoms with Gasteiger partial charge in [0.1, 0.15) is 0 Å². The van der Waals surface area contributed by atoms with E-state index in [0.717, 1.165) is 19.5 Å². The van der Waals surface area contributed by atoms with Crippen molar-refractivity contribution in [3.05, 3.63) is 35.9 Å². The number of hydrogen-bond donors (Lipinski definition) is 0. The Morgan fingerprint density at radius 3 is 2.37 bits per heavy atom. The van der Waals surface area contributed by atoms with Crippen LogP contribution < -0.4 is 0 Å². The summed E-state index contributed by atoms with van der Waals surface area (Å²) in [5, 5.41) is 0. The van der Waals surface area contributed by atoms with Gasteiger partial charge in [-0.05, 0) is 37.3 Å². The van der Waals surface area contributed by atoms with Crippen LogP contribution in [0.2, 0.25) is 0 Å². The van der Waals surface area contributed by atoms with Crippen molar-refractivity contribution >= 4 is 0 Å². The molecule has 0 amide bonds. The van der Waals surface area contributed by atoms with Crippen LogP contribution in [0, 0.1) is 0 Å².